The Kier molecular flexibility index (Phi) is 3.44. The molecule has 3 heteroatoms. The molecule has 1 atom stereocenters. The molecule has 0 saturated carbocycles. The molecule has 1 aliphatic carbocycles. The zero-order valence-electron chi connectivity index (χ0n) is 10.2. The van der Waals surface area contributed by atoms with Crippen molar-refractivity contribution in [3.05, 3.63) is 29.6 Å². The van der Waals surface area contributed by atoms with Crippen molar-refractivity contribution in [1.82, 2.24) is 9.78 Å². The number of hydrogen-bond donors (Lipinski definition) is 1. The van der Waals surface area contributed by atoms with Crippen molar-refractivity contribution in [2.75, 3.05) is 0 Å². The number of aromatic nitrogens is 2. The second-order valence-electron chi connectivity index (χ2n) is 4.95. The molecule has 3 nitrogen and oxygen atoms in total. The molecule has 0 radical (unpaired) electrons. The molecule has 1 aromatic rings. The molecule has 16 heavy (non-hydrogen) atoms. The van der Waals surface area contributed by atoms with Crippen LogP contribution < -0.4 is 5.73 Å². The molecule has 0 fully saturated rings. The molecular formula is C13H21N3. The number of hydrogen-bond acceptors (Lipinski definition) is 2. The highest BCUT2D eigenvalue weighted by atomic mass is 15.3. The van der Waals surface area contributed by atoms with Crippen LogP contribution in [-0.2, 0) is 6.42 Å². The van der Waals surface area contributed by atoms with Crippen molar-refractivity contribution >= 4 is 0 Å². The molecule has 0 saturated heterocycles. The van der Waals surface area contributed by atoms with Crippen molar-refractivity contribution in [3.8, 4) is 0 Å². The van der Waals surface area contributed by atoms with Gasteiger partial charge in [-0.25, -0.2) is 0 Å². The highest BCUT2D eigenvalue weighted by Gasteiger charge is 2.11. The number of nitrogens with zero attached hydrogens (tertiary/aromatic N) is 2. The maximum atomic E-state index is 5.87. The first-order valence-corrected chi connectivity index (χ1v) is 6.12. The summed E-state index contributed by atoms with van der Waals surface area (Å²) in [5.41, 5.74) is 8.54. The predicted molar refractivity (Wildman–Crippen MR) is 66.2 cm³/mol. The van der Waals surface area contributed by atoms with Gasteiger partial charge in [-0.05, 0) is 39.2 Å². The van der Waals surface area contributed by atoms with Crippen LogP contribution in [0.5, 0.6) is 0 Å². The van der Waals surface area contributed by atoms with E-state index in [2.05, 4.69) is 37.3 Å². The van der Waals surface area contributed by atoms with Gasteiger partial charge in [0.05, 0.1) is 5.69 Å². The molecule has 1 aliphatic rings. The Morgan fingerprint density at radius 3 is 2.94 bits per heavy atom. The van der Waals surface area contributed by atoms with Gasteiger partial charge in [-0.1, -0.05) is 11.6 Å². The Morgan fingerprint density at radius 2 is 2.38 bits per heavy atom. The summed E-state index contributed by atoms with van der Waals surface area (Å²) in [5.74, 6) is 0. The van der Waals surface area contributed by atoms with E-state index in [0.717, 1.165) is 25.7 Å². The fourth-order valence-corrected chi connectivity index (χ4v) is 2.06. The molecule has 0 aliphatic heterocycles. The van der Waals surface area contributed by atoms with Crippen LogP contribution in [0.25, 0.3) is 0 Å². The first-order valence-electron chi connectivity index (χ1n) is 6.12. The minimum Gasteiger partial charge on any atom is -0.327 e. The quantitative estimate of drug-likeness (QED) is 0.793. The number of nitrogens with two attached hydrogens (primary N) is 1. The predicted octanol–water partition coefficient (Wildman–Crippen LogP) is 2.44. The van der Waals surface area contributed by atoms with Gasteiger partial charge < -0.3 is 5.73 Å². The molecule has 1 unspecified atom stereocenters. The van der Waals surface area contributed by atoms with Crippen LogP contribution in [0.4, 0.5) is 0 Å². The van der Waals surface area contributed by atoms with Crippen molar-refractivity contribution in [3.63, 3.8) is 0 Å². The van der Waals surface area contributed by atoms with E-state index in [1.807, 2.05) is 4.68 Å². The SMILES string of the molecule is CC(C)n1ccc(CC2=CCC(N)CC2)n1. The monoisotopic (exact) mass is 219 g/mol. The molecule has 0 bridgehead atoms. The fourth-order valence-electron chi connectivity index (χ4n) is 2.06. The zero-order chi connectivity index (χ0) is 11.5. The third kappa shape index (κ3) is 2.73. The van der Waals surface area contributed by atoms with Crippen molar-refractivity contribution in [1.29, 1.82) is 0 Å². The molecular weight excluding hydrogens is 198 g/mol. The first-order chi connectivity index (χ1) is 7.65. The second kappa shape index (κ2) is 4.83. The lowest BCUT2D eigenvalue weighted by Gasteiger charge is -2.17. The highest BCUT2D eigenvalue weighted by Crippen LogP contribution is 2.20. The van der Waals surface area contributed by atoms with Crippen LogP contribution in [-0.4, -0.2) is 15.8 Å². The average Bonchev–Trinajstić information content (AvgIpc) is 2.70. The van der Waals surface area contributed by atoms with E-state index in [4.69, 9.17) is 5.73 Å². The maximum absolute atomic E-state index is 5.87. The summed E-state index contributed by atoms with van der Waals surface area (Å²) in [6.45, 7) is 4.30. The van der Waals surface area contributed by atoms with Crippen LogP contribution in [0.3, 0.4) is 0 Å². The maximum Gasteiger partial charge on any atom is 0.0665 e. The number of rotatable bonds is 3. The van der Waals surface area contributed by atoms with Gasteiger partial charge in [0.15, 0.2) is 0 Å². The van der Waals surface area contributed by atoms with Gasteiger partial charge in [0.1, 0.15) is 0 Å². The normalized spacial score (nSPS) is 21.2. The zero-order valence-corrected chi connectivity index (χ0v) is 10.2. The summed E-state index contributed by atoms with van der Waals surface area (Å²) >= 11 is 0. The summed E-state index contributed by atoms with van der Waals surface area (Å²) in [7, 11) is 0. The highest BCUT2D eigenvalue weighted by molar-refractivity contribution is 5.16. The van der Waals surface area contributed by atoms with Gasteiger partial charge in [-0.2, -0.15) is 5.10 Å². The largest absolute Gasteiger partial charge is 0.327 e. The molecule has 88 valence electrons. The Labute approximate surface area is 97.3 Å². The molecule has 2 rings (SSSR count). The second-order valence-corrected chi connectivity index (χ2v) is 4.95. The minimum absolute atomic E-state index is 0.372. The summed E-state index contributed by atoms with van der Waals surface area (Å²) < 4.78 is 2.02. The molecule has 0 amide bonds. The van der Waals surface area contributed by atoms with E-state index in [-0.39, 0.29) is 0 Å². The third-order valence-corrected chi connectivity index (χ3v) is 3.15. The summed E-state index contributed by atoms with van der Waals surface area (Å²) in [5, 5.41) is 4.57. The van der Waals surface area contributed by atoms with Crippen molar-refractivity contribution in [2.45, 2.75) is 51.6 Å². The van der Waals surface area contributed by atoms with Gasteiger partial charge in [0, 0.05) is 24.7 Å². The molecule has 0 aromatic carbocycles. The molecule has 1 aromatic heterocycles. The summed E-state index contributed by atoms with van der Waals surface area (Å²) in [6.07, 6.45) is 8.64. The van der Waals surface area contributed by atoms with E-state index in [1.165, 1.54) is 11.3 Å². The van der Waals surface area contributed by atoms with Gasteiger partial charge in [0.25, 0.3) is 0 Å². The summed E-state index contributed by atoms with van der Waals surface area (Å²) in [6, 6.07) is 2.94. The lowest BCUT2D eigenvalue weighted by atomic mass is 9.93. The Bertz CT molecular complexity index is 376. The first kappa shape index (κ1) is 11.4. The molecule has 2 N–H and O–H groups in total. The lowest BCUT2D eigenvalue weighted by molar-refractivity contribution is 0.525. The Hall–Kier alpha value is -1.09. The molecule has 1 heterocycles. The molecule has 0 spiro atoms. The van der Waals surface area contributed by atoms with Crippen LogP contribution in [0.15, 0.2) is 23.9 Å². The van der Waals surface area contributed by atoms with Crippen molar-refractivity contribution in [2.24, 2.45) is 5.73 Å². The minimum atomic E-state index is 0.372. The standard InChI is InChI=1S/C13H21N3/c1-10(2)16-8-7-13(15-16)9-11-3-5-12(14)6-4-11/h3,7-8,10,12H,4-6,9,14H2,1-2H3. The van der Waals surface area contributed by atoms with E-state index < -0.39 is 0 Å². The summed E-state index contributed by atoms with van der Waals surface area (Å²) in [4.78, 5) is 0. The Balaban J connectivity index is 1.98. The van der Waals surface area contributed by atoms with Crippen LogP contribution >= 0.6 is 0 Å². The van der Waals surface area contributed by atoms with E-state index in [0.29, 0.717) is 12.1 Å². The van der Waals surface area contributed by atoms with E-state index in [1.54, 1.807) is 0 Å². The van der Waals surface area contributed by atoms with Crippen LogP contribution in [0, 0.1) is 0 Å². The van der Waals surface area contributed by atoms with Crippen LogP contribution in [0.2, 0.25) is 0 Å². The van der Waals surface area contributed by atoms with E-state index >= 15 is 0 Å². The Morgan fingerprint density at radius 1 is 1.56 bits per heavy atom. The van der Waals surface area contributed by atoms with Crippen molar-refractivity contribution < 1.29 is 0 Å². The third-order valence-electron chi connectivity index (χ3n) is 3.15. The van der Waals surface area contributed by atoms with E-state index in [9.17, 15) is 0 Å². The van der Waals surface area contributed by atoms with Gasteiger partial charge in [0.2, 0.25) is 0 Å². The van der Waals surface area contributed by atoms with Gasteiger partial charge >= 0.3 is 0 Å². The topological polar surface area (TPSA) is 43.8 Å². The fraction of sp³-hybridized carbons (Fsp3) is 0.615. The number of allylic oxidation sites excluding steroid dienone is 1. The smallest absolute Gasteiger partial charge is 0.0665 e. The van der Waals surface area contributed by atoms with Crippen LogP contribution in [0.1, 0.15) is 44.8 Å². The lowest BCUT2D eigenvalue weighted by Crippen LogP contribution is -2.22. The van der Waals surface area contributed by atoms with Gasteiger partial charge in [-0.15, -0.1) is 0 Å². The van der Waals surface area contributed by atoms with Gasteiger partial charge in [-0.3, -0.25) is 4.68 Å². The average molecular weight is 219 g/mol.